The van der Waals surface area contributed by atoms with E-state index in [1.807, 2.05) is 0 Å². The van der Waals surface area contributed by atoms with E-state index in [9.17, 15) is 0 Å². The van der Waals surface area contributed by atoms with Crippen LogP contribution in [-0.4, -0.2) is 25.8 Å². The van der Waals surface area contributed by atoms with Crippen LogP contribution < -0.4 is 10.6 Å². The van der Waals surface area contributed by atoms with Gasteiger partial charge in [-0.3, -0.25) is 0 Å². The number of aryl methyl sites for hydroxylation is 1. The first-order valence-electron chi connectivity index (χ1n) is 8.05. The molecule has 1 aromatic rings. The van der Waals surface area contributed by atoms with Crippen molar-refractivity contribution in [1.82, 2.24) is 5.32 Å². The Hall–Kier alpha value is -1.06. The summed E-state index contributed by atoms with van der Waals surface area (Å²) in [4.78, 5) is 0. The Balaban J connectivity index is 1.51. The number of anilines is 1. The Morgan fingerprint density at radius 3 is 3.25 bits per heavy atom. The van der Waals surface area contributed by atoms with E-state index in [4.69, 9.17) is 4.74 Å². The highest BCUT2D eigenvalue weighted by Gasteiger charge is 2.25. The first-order chi connectivity index (χ1) is 9.86. The Morgan fingerprint density at radius 2 is 2.35 bits per heavy atom. The largest absolute Gasteiger partial charge is 0.385 e. The van der Waals surface area contributed by atoms with Crippen LogP contribution in [0.4, 0.5) is 5.69 Å². The molecule has 110 valence electrons. The molecule has 1 saturated heterocycles. The minimum absolute atomic E-state index is 0.468. The van der Waals surface area contributed by atoms with Crippen LogP contribution in [0.15, 0.2) is 18.2 Å². The highest BCUT2D eigenvalue weighted by atomic mass is 16.5. The molecule has 2 aliphatic heterocycles. The highest BCUT2D eigenvalue weighted by molar-refractivity contribution is 5.54. The Labute approximate surface area is 122 Å². The zero-order valence-electron chi connectivity index (χ0n) is 12.5. The van der Waals surface area contributed by atoms with Crippen LogP contribution in [-0.2, 0) is 17.7 Å². The predicted molar refractivity (Wildman–Crippen MR) is 83.1 cm³/mol. The molecule has 0 radical (unpaired) electrons. The first kappa shape index (κ1) is 13.9. The summed E-state index contributed by atoms with van der Waals surface area (Å²) in [6, 6.07) is 6.84. The summed E-state index contributed by atoms with van der Waals surface area (Å²) in [5, 5.41) is 7.08. The zero-order chi connectivity index (χ0) is 13.8. The third-order valence-electron chi connectivity index (χ3n) is 4.59. The van der Waals surface area contributed by atoms with Crippen LogP contribution in [0.25, 0.3) is 0 Å². The van der Waals surface area contributed by atoms with Gasteiger partial charge in [0.15, 0.2) is 0 Å². The molecule has 20 heavy (non-hydrogen) atoms. The van der Waals surface area contributed by atoms with Gasteiger partial charge in [-0.05, 0) is 48.8 Å². The molecule has 2 heterocycles. The fraction of sp³-hybridized carbons (Fsp3) is 0.647. The maximum atomic E-state index is 5.74. The second-order valence-corrected chi connectivity index (χ2v) is 6.02. The van der Waals surface area contributed by atoms with Gasteiger partial charge in [0.1, 0.15) is 0 Å². The summed E-state index contributed by atoms with van der Waals surface area (Å²) in [6.45, 7) is 6.33. The second-order valence-electron chi connectivity index (χ2n) is 6.02. The molecule has 2 unspecified atom stereocenters. The van der Waals surface area contributed by atoms with E-state index >= 15 is 0 Å². The number of hydrogen-bond donors (Lipinski definition) is 2. The summed E-state index contributed by atoms with van der Waals surface area (Å²) in [5.41, 5.74) is 4.21. The molecule has 2 aliphatic rings. The lowest BCUT2D eigenvalue weighted by molar-refractivity contribution is 0.0872. The zero-order valence-corrected chi connectivity index (χ0v) is 12.5. The molecule has 0 saturated carbocycles. The van der Waals surface area contributed by atoms with E-state index in [0.29, 0.717) is 12.0 Å². The Kier molecular flexibility index (Phi) is 4.58. The third-order valence-corrected chi connectivity index (χ3v) is 4.59. The van der Waals surface area contributed by atoms with Crippen molar-refractivity contribution >= 4 is 5.69 Å². The highest BCUT2D eigenvalue weighted by Crippen LogP contribution is 2.24. The Bertz CT molecular complexity index is 447. The van der Waals surface area contributed by atoms with Crippen molar-refractivity contribution in [3.63, 3.8) is 0 Å². The molecule has 2 N–H and O–H groups in total. The number of fused-ring (bicyclic) bond motifs is 1. The monoisotopic (exact) mass is 274 g/mol. The van der Waals surface area contributed by atoms with Gasteiger partial charge in [0.25, 0.3) is 0 Å². The van der Waals surface area contributed by atoms with Gasteiger partial charge in [-0.25, -0.2) is 0 Å². The summed E-state index contributed by atoms with van der Waals surface area (Å²) in [7, 11) is 0. The maximum absolute atomic E-state index is 5.74. The fourth-order valence-corrected chi connectivity index (χ4v) is 3.42. The predicted octanol–water partition coefficient (Wildman–Crippen LogP) is 2.95. The number of rotatable bonds is 5. The minimum Gasteiger partial charge on any atom is -0.385 e. The topological polar surface area (TPSA) is 33.3 Å². The maximum Gasteiger partial charge on any atom is 0.0613 e. The summed E-state index contributed by atoms with van der Waals surface area (Å²) in [5.74, 6) is 0.694. The lowest BCUT2D eigenvalue weighted by atomic mass is 9.99. The molecule has 3 heteroatoms. The molecular formula is C17H26N2O. The van der Waals surface area contributed by atoms with Crippen LogP contribution in [0.3, 0.4) is 0 Å². The number of benzene rings is 1. The van der Waals surface area contributed by atoms with Gasteiger partial charge in [-0.1, -0.05) is 19.1 Å². The molecule has 0 aromatic heterocycles. The van der Waals surface area contributed by atoms with E-state index in [1.54, 1.807) is 0 Å². The molecule has 0 spiro atoms. The van der Waals surface area contributed by atoms with Gasteiger partial charge >= 0.3 is 0 Å². The normalized spacial score (nSPS) is 25.2. The molecular weight excluding hydrogens is 248 g/mol. The third kappa shape index (κ3) is 3.15. The van der Waals surface area contributed by atoms with Gasteiger partial charge in [0.05, 0.1) is 6.10 Å². The second kappa shape index (κ2) is 6.59. The molecule has 1 aromatic carbocycles. The molecule has 0 amide bonds. The smallest absolute Gasteiger partial charge is 0.0613 e. The van der Waals surface area contributed by atoms with Crippen molar-refractivity contribution in [2.75, 3.05) is 25.0 Å². The van der Waals surface area contributed by atoms with E-state index < -0.39 is 0 Å². The average molecular weight is 274 g/mol. The van der Waals surface area contributed by atoms with Gasteiger partial charge in [0, 0.05) is 31.9 Å². The molecule has 2 atom stereocenters. The van der Waals surface area contributed by atoms with Crippen molar-refractivity contribution in [1.29, 1.82) is 0 Å². The van der Waals surface area contributed by atoms with Crippen molar-refractivity contribution in [2.45, 2.75) is 45.3 Å². The Morgan fingerprint density at radius 1 is 1.40 bits per heavy atom. The first-order valence-corrected chi connectivity index (χ1v) is 8.05. The van der Waals surface area contributed by atoms with Gasteiger partial charge in [-0.2, -0.15) is 0 Å². The summed E-state index contributed by atoms with van der Waals surface area (Å²) >= 11 is 0. The van der Waals surface area contributed by atoms with Crippen molar-refractivity contribution in [3.8, 4) is 0 Å². The van der Waals surface area contributed by atoms with E-state index in [2.05, 4.69) is 35.8 Å². The van der Waals surface area contributed by atoms with Gasteiger partial charge in [0.2, 0.25) is 0 Å². The molecule has 3 nitrogen and oxygen atoms in total. The summed E-state index contributed by atoms with van der Waals surface area (Å²) < 4.78 is 5.74. The van der Waals surface area contributed by atoms with Gasteiger partial charge in [-0.15, -0.1) is 0 Å². The lowest BCUT2D eigenvalue weighted by Gasteiger charge is -2.20. The van der Waals surface area contributed by atoms with Crippen LogP contribution in [0.2, 0.25) is 0 Å². The van der Waals surface area contributed by atoms with Crippen molar-refractivity contribution < 1.29 is 4.74 Å². The minimum atomic E-state index is 0.468. The van der Waals surface area contributed by atoms with Gasteiger partial charge < -0.3 is 15.4 Å². The molecule has 0 aliphatic carbocycles. The number of nitrogens with one attached hydrogen (secondary N) is 2. The SMILES string of the molecule is CCC1OCCC1CNCc1ccc2c(c1)CCCN2. The number of hydrogen-bond acceptors (Lipinski definition) is 3. The number of ether oxygens (including phenoxy) is 1. The molecule has 3 rings (SSSR count). The molecule has 0 bridgehead atoms. The van der Waals surface area contributed by atoms with E-state index in [0.717, 1.165) is 32.7 Å². The molecule has 1 fully saturated rings. The quantitative estimate of drug-likeness (QED) is 0.866. The lowest BCUT2D eigenvalue weighted by Crippen LogP contribution is -2.28. The summed E-state index contributed by atoms with van der Waals surface area (Å²) in [6.07, 6.45) is 5.28. The van der Waals surface area contributed by atoms with Crippen LogP contribution in [0, 0.1) is 5.92 Å². The van der Waals surface area contributed by atoms with Crippen molar-refractivity contribution in [3.05, 3.63) is 29.3 Å². The fourth-order valence-electron chi connectivity index (χ4n) is 3.42. The van der Waals surface area contributed by atoms with Crippen LogP contribution >= 0.6 is 0 Å². The van der Waals surface area contributed by atoms with Crippen LogP contribution in [0.5, 0.6) is 0 Å². The van der Waals surface area contributed by atoms with Crippen molar-refractivity contribution in [2.24, 2.45) is 5.92 Å². The van der Waals surface area contributed by atoms with E-state index in [-0.39, 0.29) is 0 Å². The van der Waals surface area contributed by atoms with E-state index in [1.165, 1.54) is 36.1 Å². The standard InChI is InChI=1S/C17H26N2O/c1-2-17-15(7-9-20-17)12-18-11-13-5-6-16-14(10-13)4-3-8-19-16/h5-6,10,15,17-19H,2-4,7-9,11-12H2,1H3. The van der Waals surface area contributed by atoms with Crippen LogP contribution in [0.1, 0.15) is 37.3 Å². The average Bonchev–Trinajstić information content (AvgIpc) is 2.95.